The Morgan fingerprint density at radius 1 is 1.20 bits per heavy atom. The number of nitrogens with two attached hydrogens (primary N) is 1. The van der Waals surface area contributed by atoms with Crippen LogP contribution in [0.1, 0.15) is 5.56 Å². The van der Waals surface area contributed by atoms with Crippen LogP contribution in [0.15, 0.2) is 54.6 Å². The fourth-order valence-corrected chi connectivity index (χ4v) is 1.68. The van der Waals surface area contributed by atoms with Crippen molar-refractivity contribution in [2.24, 2.45) is 0 Å². The highest BCUT2D eigenvalue weighted by Crippen LogP contribution is 2.24. The lowest BCUT2D eigenvalue weighted by Crippen LogP contribution is -2.09. The number of rotatable bonds is 4. The van der Waals surface area contributed by atoms with E-state index in [2.05, 4.69) is 5.32 Å². The van der Waals surface area contributed by atoms with Crippen molar-refractivity contribution >= 4 is 23.4 Å². The normalized spacial score (nSPS) is 10.4. The van der Waals surface area contributed by atoms with Crippen LogP contribution in [-0.4, -0.2) is 13.0 Å². The summed E-state index contributed by atoms with van der Waals surface area (Å²) in [5, 5.41) is 2.72. The lowest BCUT2D eigenvalue weighted by Gasteiger charge is -2.08. The van der Waals surface area contributed by atoms with Gasteiger partial charge in [0.05, 0.1) is 18.5 Å². The van der Waals surface area contributed by atoms with Crippen LogP contribution in [0.4, 0.5) is 11.4 Å². The van der Waals surface area contributed by atoms with E-state index in [9.17, 15) is 4.79 Å². The molecule has 0 aliphatic heterocycles. The number of carbonyl (C=O) groups excluding carboxylic acids is 1. The Morgan fingerprint density at radius 3 is 2.65 bits per heavy atom. The highest BCUT2D eigenvalue weighted by Gasteiger charge is 2.04. The molecule has 102 valence electrons. The van der Waals surface area contributed by atoms with Gasteiger partial charge in [0.15, 0.2) is 0 Å². The summed E-state index contributed by atoms with van der Waals surface area (Å²) in [7, 11) is 1.56. The molecule has 2 aromatic rings. The van der Waals surface area contributed by atoms with Crippen molar-refractivity contribution in [3.05, 3.63) is 60.2 Å². The number of carbonyl (C=O) groups is 1. The summed E-state index contributed by atoms with van der Waals surface area (Å²) in [6.07, 6.45) is 3.21. The van der Waals surface area contributed by atoms with Crippen LogP contribution in [0.5, 0.6) is 5.75 Å². The van der Waals surface area contributed by atoms with Gasteiger partial charge in [0.25, 0.3) is 0 Å². The van der Waals surface area contributed by atoms with Gasteiger partial charge in [0.2, 0.25) is 5.91 Å². The van der Waals surface area contributed by atoms with Gasteiger partial charge >= 0.3 is 0 Å². The summed E-state index contributed by atoms with van der Waals surface area (Å²) in [5.74, 6) is 0.398. The first-order chi connectivity index (χ1) is 9.69. The van der Waals surface area contributed by atoms with Gasteiger partial charge in [-0.25, -0.2) is 0 Å². The number of anilines is 2. The van der Waals surface area contributed by atoms with Gasteiger partial charge in [-0.1, -0.05) is 30.3 Å². The average Bonchev–Trinajstić information content (AvgIpc) is 2.48. The second kappa shape index (κ2) is 6.43. The molecule has 3 N–H and O–H groups in total. The van der Waals surface area contributed by atoms with Crippen LogP contribution in [0.25, 0.3) is 6.08 Å². The SMILES string of the molecule is COc1ccc(N)c(NC(=O)C=Cc2ccccc2)c1. The lowest BCUT2D eigenvalue weighted by molar-refractivity contribution is -0.111. The second-order valence-electron chi connectivity index (χ2n) is 4.19. The van der Waals surface area contributed by atoms with E-state index in [1.54, 1.807) is 31.4 Å². The molecular formula is C16H16N2O2. The predicted octanol–water partition coefficient (Wildman–Crippen LogP) is 2.93. The van der Waals surface area contributed by atoms with Crippen LogP contribution in [0.3, 0.4) is 0 Å². The third-order valence-electron chi connectivity index (χ3n) is 2.75. The molecule has 2 aromatic carbocycles. The first kappa shape index (κ1) is 13.7. The number of amides is 1. The van der Waals surface area contributed by atoms with E-state index in [4.69, 9.17) is 10.5 Å². The molecule has 0 unspecified atom stereocenters. The molecule has 0 bridgehead atoms. The zero-order valence-corrected chi connectivity index (χ0v) is 11.2. The maximum absolute atomic E-state index is 11.8. The topological polar surface area (TPSA) is 64.3 Å². The molecule has 0 saturated heterocycles. The van der Waals surface area contributed by atoms with E-state index < -0.39 is 0 Å². The zero-order chi connectivity index (χ0) is 14.4. The minimum absolute atomic E-state index is 0.242. The van der Waals surface area contributed by atoms with E-state index in [-0.39, 0.29) is 5.91 Å². The molecule has 0 aliphatic rings. The number of ether oxygens (including phenoxy) is 1. The van der Waals surface area contributed by atoms with Crippen LogP contribution in [0, 0.1) is 0 Å². The second-order valence-corrected chi connectivity index (χ2v) is 4.19. The van der Waals surface area contributed by atoms with Crippen LogP contribution >= 0.6 is 0 Å². The average molecular weight is 268 g/mol. The molecule has 1 amide bonds. The summed E-state index contributed by atoms with van der Waals surface area (Å²) in [4.78, 5) is 11.8. The van der Waals surface area contributed by atoms with Gasteiger partial charge in [0, 0.05) is 12.1 Å². The van der Waals surface area contributed by atoms with E-state index in [1.807, 2.05) is 30.3 Å². The molecule has 0 atom stereocenters. The molecule has 0 spiro atoms. The molecule has 20 heavy (non-hydrogen) atoms. The highest BCUT2D eigenvalue weighted by atomic mass is 16.5. The molecule has 2 rings (SSSR count). The van der Waals surface area contributed by atoms with Crippen molar-refractivity contribution in [1.29, 1.82) is 0 Å². The zero-order valence-electron chi connectivity index (χ0n) is 11.2. The Labute approximate surface area is 117 Å². The number of nitrogens with one attached hydrogen (secondary N) is 1. The number of nitrogen functional groups attached to an aromatic ring is 1. The fraction of sp³-hybridized carbons (Fsp3) is 0.0625. The molecule has 0 aliphatic carbocycles. The number of methoxy groups -OCH3 is 1. The number of hydrogen-bond donors (Lipinski definition) is 2. The number of benzene rings is 2. The third kappa shape index (κ3) is 3.62. The minimum Gasteiger partial charge on any atom is -0.497 e. The van der Waals surface area contributed by atoms with Crippen molar-refractivity contribution in [3.8, 4) is 5.75 Å². The van der Waals surface area contributed by atoms with E-state index >= 15 is 0 Å². The van der Waals surface area contributed by atoms with Gasteiger partial charge in [-0.05, 0) is 23.8 Å². The van der Waals surface area contributed by atoms with E-state index in [0.717, 1.165) is 5.56 Å². The Morgan fingerprint density at radius 2 is 1.95 bits per heavy atom. The summed E-state index contributed by atoms with van der Waals surface area (Å²) >= 11 is 0. The summed E-state index contributed by atoms with van der Waals surface area (Å²) in [5.41, 5.74) is 7.79. The molecule has 0 heterocycles. The van der Waals surface area contributed by atoms with Gasteiger partial charge < -0.3 is 15.8 Å². The van der Waals surface area contributed by atoms with Gasteiger partial charge in [0.1, 0.15) is 5.75 Å². The molecule has 0 aromatic heterocycles. The van der Waals surface area contributed by atoms with E-state index in [0.29, 0.717) is 17.1 Å². The highest BCUT2D eigenvalue weighted by molar-refractivity contribution is 6.03. The third-order valence-corrected chi connectivity index (χ3v) is 2.75. The predicted molar refractivity (Wildman–Crippen MR) is 81.5 cm³/mol. The number of hydrogen-bond acceptors (Lipinski definition) is 3. The minimum atomic E-state index is -0.242. The lowest BCUT2D eigenvalue weighted by atomic mass is 10.2. The Kier molecular flexibility index (Phi) is 4.39. The van der Waals surface area contributed by atoms with Gasteiger partial charge in [-0.15, -0.1) is 0 Å². The Bertz CT molecular complexity index is 622. The van der Waals surface area contributed by atoms with E-state index in [1.165, 1.54) is 6.08 Å². The van der Waals surface area contributed by atoms with Crippen molar-refractivity contribution in [2.75, 3.05) is 18.2 Å². The fourth-order valence-electron chi connectivity index (χ4n) is 1.68. The molecule has 4 heteroatoms. The Balaban J connectivity index is 2.06. The smallest absolute Gasteiger partial charge is 0.248 e. The molecular weight excluding hydrogens is 252 g/mol. The largest absolute Gasteiger partial charge is 0.497 e. The molecule has 0 saturated carbocycles. The summed E-state index contributed by atoms with van der Waals surface area (Å²) in [6.45, 7) is 0. The maximum atomic E-state index is 11.8. The Hall–Kier alpha value is -2.75. The quantitative estimate of drug-likeness (QED) is 0.662. The van der Waals surface area contributed by atoms with Crippen molar-refractivity contribution in [2.45, 2.75) is 0 Å². The molecule has 0 fully saturated rings. The van der Waals surface area contributed by atoms with Crippen molar-refractivity contribution < 1.29 is 9.53 Å². The van der Waals surface area contributed by atoms with Gasteiger partial charge in [-0.2, -0.15) is 0 Å². The first-order valence-corrected chi connectivity index (χ1v) is 6.16. The molecule has 4 nitrogen and oxygen atoms in total. The summed E-state index contributed by atoms with van der Waals surface area (Å²) < 4.78 is 5.10. The summed E-state index contributed by atoms with van der Waals surface area (Å²) in [6, 6.07) is 14.7. The van der Waals surface area contributed by atoms with Crippen molar-refractivity contribution in [3.63, 3.8) is 0 Å². The monoisotopic (exact) mass is 268 g/mol. The van der Waals surface area contributed by atoms with Crippen molar-refractivity contribution in [1.82, 2.24) is 0 Å². The van der Waals surface area contributed by atoms with Crippen LogP contribution in [-0.2, 0) is 4.79 Å². The van der Waals surface area contributed by atoms with Crippen LogP contribution < -0.4 is 15.8 Å². The maximum Gasteiger partial charge on any atom is 0.248 e. The standard InChI is InChI=1S/C16H16N2O2/c1-20-13-8-9-14(17)15(11-13)18-16(19)10-7-12-5-3-2-4-6-12/h2-11H,17H2,1H3,(H,18,19). The van der Waals surface area contributed by atoms with Gasteiger partial charge in [-0.3, -0.25) is 4.79 Å². The first-order valence-electron chi connectivity index (χ1n) is 6.16. The van der Waals surface area contributed by atoms with Crippen LogP contribution in [0.2, 0.25) is 0 Å². The molecule has 0 radical (unpaired) electrons.